The molecule has 1 atom stereocenters. The lowest BCUT2D eigenvalue weighted by atomic mass is 9.97. The number of hydrogen-bond donors (Lipinski definition) is 1. The van der Waals surface area contributed by atoms with E-state index in [-0.39, 0.29) is 11.1 Å². The third-order valence-electron chi connectivity index (χ3n) is 4.93. The van der Waals surface area contributed by atoms with Crippen molar-refractivity contribution in [2.45, 2.75) is 6.04 Å². The molecular weight excluding hydrogens is 439 g/mol. The Labute approximate surface area is 188 Å². The fraction of sp³-hybridized carbons (Fsp3) is 0.0870. The second-order valence-corrected chi connectivity index (χ2v) is 7.62. The molecule has 0 radical (unpaired) electrons. The average Bonchev–Trinajstić information content (AvgIpc) is 3.05. The number of hydrogen-bond acceptors (Lipinski definition) is 5. The molecule has 1 amide bonds. The number of ether oxygens (including phenoxy) is 1. The quantitative estimate of drug-likeness (QED) is 0.340. The van der Waals surface area contributed by atoms with Gasteiger partial charge >= 0.3 is 0 Å². The number of anilines is 1. The second-order valence-electron chi connectivity index (χ2n) is 6.74. The van der Waals surface area contributed by atoms with E-state index < -0.39 is 23.5 Å². The van der Waals surface area contributed by atoms with Gasteiger partial charge in [0, 0.05) is 21.9 Å². The predicted octanol–water partition coefficient (Wildman–Crippen LogP) is 5.02. The van der Waals surface area contributed by atoms with Crippen LogP contribution < -0.4 is 9.64 Å². The van der Waals surface area contributed by atoms with Crippen LogP contribution in [0.3, 0.4) is 0 Å². The first kappa shape index (κ1) is 20.9. The summed E-state index contributed by atoms with van der Waals surface area (Å²) in [5.74, 6) is -1.73. The van der Waals surface area contributed by atoms with Gasteiger partial charge < -0.3 is 9.84 Å². The van der Waals surface area contributed by atoms with E-state index >= 15 is 0 Å². The van der Waals surface area contributed by atoms with E-state index in [9.17, 15) is 14.7 Å². The van der Waals surface area contributed by atoms with Gasteiger partial charge in [-0.2, -0.15) is 0 Å². The summed E-state index contributed by atoms with van der Waals surface area (Å²) in [6, 6.07) is 15.3. The first-order valence-electron chi connectivity index (χ1n) is 9.23. The van der Waals surface area contributed by atoms with Crippen LogP contribution in [0.4, 0.5) is 5.69 Å². The minimum atomic E-state index is -0.953. The van der Waals surface area contributed by atoms with Crippen molar-refractivity contribution < 1.29 is 19.4 Å². The van der Waals surface area contributed by atoms with Gasteiger partial charge in [0.05, 0.1) is 23.9 Å². The monoisotopic (exact) mass is 454 g/mol. The van der Waals surface area contributed by atoms with Crippen LogP contribution >= 0.6 is 23.2 Å². The molecule has 156 valence electrons. The number of amides is 1. The summed E-state index contributed by atoms with van der Waals surface area (Å²) >= 11 is 12.1. The van der Waals surface area contributed by atoms with Crippen molar-refractivity contribution in [3.05, 3.63) is 93.7 Å². The van der Waals surface area contributed by atoms with E-state index in [0.29, 0.717) is 27.2 Å². The zero-order valence-corrected chi connectivity index (χ0v) is 17.8. The van der Waals surface area contributed by atoms with Crippen LogP contribution in [0.5, 0.6) is 5.75 Å². The lowest BCUT2D eigenvalue weighted by Gasteiger charge is -2.24. The van der Waals surface area contributed by atoms with Crippen LogP contribution in [-0.4, -0.2) is 28.9 Å². The lowest BCUT2D eigenvalue weighted by molar-refractivity contribution is -0.132. The number of nitrogens with zero attached hydrogens (tertiary/aromatic N) is 2. The van der Waals surface area contributed by atoms with E-state index in [1.807, 2.05) is 0 Å². The van der Waals surface area contributed by atoms with Gasteiger partial charge in [-0.3, -0.25) is 19.5 Å². The summed E-state index contributed by atoms with van der Waals surface area (Å²) in [7, 11) is 1.43. The van der Waals surface area contributed by atoms with E-state index in [2.05, 4.69) is 4.98 Å². The van der Waals surface area contributed by atoms with Gasteiger partial charge in [0.15, 0.2) is 0 Å². The Balaban J connectivity index is 1.97. The van der Waals surface area contributed by atoms with E-state index in [4.69, 9.17) is 27.9 Å². The highest BCUT2D eigenvalue weighted by Crippen LogP contribution is 2.43. The number of methoxy groups -OCH3 is 1. The maximum absolute atomic E-state index is 13.1. The van der Waals surface area contributed by atoms with Crippen molar-refractivity contribution in [1.82, 2.24) is 4.98 Å². The molecule has 0 aliphatic carbocycles. The minimum absolute atomic E-state index is 0.112. The van der Waals surface area contributed by atoms with Crippen molar-refractivity contribution in [3.63, 3.8) is 0 Å². The second kappa shape index (κ2) is 8.41. The Kier molecular flexibility index (Phi) is 5.67. The van der Waals surface area contributed by atoms with Gasteiger partial charge in [0.2, 0.25) is 0 Å². The van der Waals surface area contributed by atoms with Crippen LogP contribution in [0, 0.1) is 0 Å². The van der Waals surface area contributed by atoms with Crippen LogP contribution in [0.1, 0.15) is 17.3 Å². The van der Waals surface area contributed by atoms with Gasteiger partial charge in [-0.1, -0.05) is 29.3 Å². The summed E-state index contributed by atoms with van der Waals surface area (Å²) in [6.07, 6.45) is 1.55. The van der Waals surface area contributed by atoms with E-state index in [1.54, 1.807) is 60.8 Å². The SMILES string of the molecule is COc1ccc(Cl)cc1/C(O)=C1\C(=O)C(=O)N(c2ccc(Cl)cc2)C1c1ccccn1. The number of halogens is 2. The fourth-order valence-corrected chi connectivity index (χ4v) is 3.83. The summed E-state index contributed by atoms with van der Waals surface area (Å²) in [5, 5.41) is 12.0. The summed E-state index contributed by atoms with van der Waals surface area (Å²) < 4.78 is 5.32. The molecule has 1 N–H and O–H groups in total. The number of carbonyl (C=O) groups is 2. The van der Waals surface area contributed by atoms with Crippen LogP contribution in [0.2, 0.25) is 10.0 Å². The minimum Gasteiger partial charge on any atom is -0.507 e. The number of aromatic nitrogens is 1. The molecule has 1 unspecified atom stereocenters. The molecule has 2 aromatic carbocycles. The number of ketones is 1. The van der Waals surface area contributed by atoms with Gasteiger partial charge in [0.1, 0.15) is 17.6 Å². The Bertz CT molecular complexity index is 1190. The number of rotatable bonds is 4. The molecule has 3 aromatic rings. The lowest BCUT2D eigenvalue weighted by Crippen LogP contribution is -2.29. The number of carbonyl (C=O) groups excluding carboxylic acids is 2. The number of aliphatic hydroxyl groups excluding tert-OH is 1. The molecule has 31 heavy (non-hydrogen) atoms. The van der Waals surface area contributed by atoms with Gasteiger partial charge in [-0.25, -0.2) is 0 Å². The maximum atomic E-state index is 13.1. The van der Waals surface area contributed by atoms with Crippen molar-refractivity contribution in [2.24, 2.45) is 0 Å². The standard InChI is InChI=1S/C23H16Cl2N2O4/c1-31-18-10-7-14(25)12-16(18)21(28)19-20(17-4-2-3-11-26-17)27(23(30)22(19)29)15-8-5-13(24)6-9-15/h2-12,20,28H,1H3/b21-19+. The Morgan fingerprint density at radius 1 is 1.03 bits per heavy atom. The summed E-state index contributed by atoms with van der Waals surface area (Å²) in [5.41, 5.74) is 0.947. The summed E-state index contributed by atoms with van der Waals surface area (Å²) in [4.78, 5) is 31.8. The van der Waals surface area contributed by atoms with Crippen molar-refractivity contribution in [3.8, 4) is 5.75 Å². The third-order valence-corrected chi connectivity index (χ3v) is 5.42. The molecule has 1 aliphatic rings. The number of aliphatic hydroxyl groups is 1. The smallest absolute Gasteiger partial charge is 0.300 e. The van der Waals surface area contributed by atoms with Crippen molar-refractivity contribution >= 4 is 46.3 Å². The average molecular weight is 455 g/mol. The Hall–Kier alpha value is -3.35. The van der Waals surface area contributed by atoms with E-state index in [0.717, 1.165) is 0 Å². The molecule has 6 nitrogen and oxygen atoms in total. The Morgan fingerprint density at radius 2 is 1.74 bits per heavy atom. The van der Waals surface area contributed by atoms with Crippen LogP contribution in [0.25, 0.3) is 5.76 Å². The number of pyridine rings is 1. The van der Waals surface area contributed by atoms with E-state index in [1.165, 1.54) is 18.1 Å². The molecule has 1 aliphatic heterocycles. The molecule has 8 heteroatoms. The molecule has 4 rings (SSSR count). The number of Topliss-reactive ketones (excluding diaryl/α,β-unsaturated/α-hetero) is 1. The van der Waals surface area contributed by atoms with Crippen molar-refractivity contribution in [2.75, 3.05) is 12.0 Å². The fourth-order valence-electron chi connectivity index (χ4n) is 3.53. The first-order chi connectivity index (χ1) is 14.9. The molecule has 1 fully saturated rings. The van der Waals surface area contributed by atoms with Crippen molar-refractivity contribution in [1.29, 1.82) is 0 Å². The molecule has 2 heterocycles. The van der Waals surface area contributed by atoms with Crippen LogP contribution in [0.15, 0.2) is 72.4 Å². The molecule has 0 spiro atoms. The zero-order chi connectivity index (χ0) is 22.1. The topological polar surface area (TPSA) is 79.7 Å². The summed E-state index contributed by atoms with van der Waals surface area (Å²) in [6.45, 7) is 0. The van der Waals surface area contributed by atoms with Gasteiger partial charge in [0.25, 0.3) is 11.7 Å². The highest BCUT2D eigenvalue weighted by Gasteiger charge is 2.47. The van der Waals surface area contributed by atoms with Gasteiger partial charge in [-0.05, 0) is 54.6 Å². The molecule has 1 aromatic heterocycles. The first-order valence-corrected chi connectivity index (χ1v) is 9.99. The third kappa shape index (κ3) is 3.76. The maximum Gasteiger partial charge on any atom is 0.300 e. The zero-order valence-electron chi connectivity index (χ0n) is 16.3. The van der Waals surface area contributed by atoms with Crippen LogP contribution in [-0.2, 0) is 9.59 Å². The normalized spacial score (nSPS) is 17.8. The molecule has 0 saturated carbocycles. The highest BCUT2D eigenvalue weighted by atomic mass is 35.5. The highest BCUT2D eigenvalue weighted by molar-refractivity contribution is 6.51. The van der Waals surface area contributed by atoms with Gasteiger partial charge in [-0.15, -0.1) is 0 Å². The largest absolute Gasteiger partial charge is 0.507 e. The predicted molar refractivity (Wildman–Crippen MR) is 118 cm³/mol. The number of benzene rings is 2. The molecule has 1 saturated heterocycles. The molecule has 0 bridgehead atoms. The molecular formula is C23H16Cl2N2O4. The Morgan fingerprint density at radius 3 is 2.39 bits per heavy atom.